The Morgan fingerprint density at radius 2 is 0.500 bits per heavy atom. The Balaban J connectivity index is 0. The van der Waals surface area contributed by atoms with E-state index in [-0.39, 0.29) is 30.8 Å². The third kappa shape index (κ3) is 6.30. The summed E-state index contributed by atoms with van der Waals surface area (Å²) >= 11 is 0. The molecule has 0 bridgehead atoms. The Bertz CT molecular complexity index is 3.90. The van der Waals surface area contributed by atoms with Gasteiger partial charge in [-0.25, -0.2) is 0 Å². The van der Waals surface area contributed by atoms with Crippen molar-refractivity contribution in [2.45, 2.75) is 0 Å². The molecule has 0 rings (SSSR count). The molecule has 0 aromatic rings. The molecular weight excluding hydrogens is 317 g/mol. The average molecular weight is 329 g/mol. The molecule has 0 aliphatic carbocycles. The van der Waals surface area contributed by atoms with Gasteiger partial charge in [0.15, 0.2) is 0 Å². The van der Waals surface area contributed by atoms with E-state index < -0.39 is 0 Å². The van der Waals surface area contributed by atoms with Gasteiger partial charge in [0.2, 0.25) is 0 Å². The van der Waals surface area contributed by atoms with Crippen LogP contribution in [0.25, 0.3) is 12.3 Å². The molecule has 45 valence electrons. The number of quaternary nitrogens is 3. The topological polar surface area (TPSA) is 170 Å². The maximum absolute atomic E-state index is 0. The number of rotatable bonds is 0. The summed E-state index contributed by atoms with van der Waals surface area (Å²) in [4.78, 5) is 0. The van der Waals surface area contributed by atoms with Crippen molar-refractivity contribution < 1.29 is 0 Å². The van der Waals surface area contributed by atoms with Crippen molar-refractivity contribution in [3.8, 4) is 0 Å². The van der Waals surface area contributed by atoms with Crippen molar-refractivity contribution in [1.82, 2.24) is 18.5 Å². The monoisotopic (exact) mass is 325 g/mol. The maximum atomic E-state index is 0. The van der Waals surface area contributed by atoms with Crippen molar-refractivity contribution in [2.24, 2.45) is 0 Å². The van der Waals surface area contributed by atoms with Crippen LogP contribution in [0.2, 0.25) is 0 Å². The van der Waals surface area contributed by atoms with Crippen LogP contribution in [0.4, 0.5) is 0 Å². The van der Waals surface area contributed by atoms with E-state index in [0.717, 1.165) is 0 Å². The summed E-state index contributed by atoms with van der Waals surface area (Å²) in [6.07, 6.45) is 0. The van der Waals surface area contributed by atoms with Crippen LogP contribution < -0.4 is 18.5 Å². The van der Waals surface area contributed by atoms with Crippen LogP contribution in [0, 0.1) is 0 Å². The fraction of sp³-hybridized carbons (Fsp3) is 0. The van der Waals surface area contributed by atoms with Crippen molar-refractivity contribution in [3.63, 3.8) is 0 Å². The van der Waals surface area contributed by atoms with Crippen LogP contribution in [0.5, 0.6) is 0 Å². The Labute approximate surface area is 32.0 Å². The van der Waals surface area contributed by atoms with E-state index in [1.54, 1.807) is 0 Å². The molecule has 12 N–H and O–H groups in total. The molecule has 0 saturated heterocycles. The second-order valence-corrected chi connectivity index (χ2v) is 0. The van der Waals surface area contributed by atoms with Gasteiger partial charge in [0.1, 0.15) is 0 Å². The first-order valence-corrected chi connectivity index (χ1v) is 0. The largest absolute Gasteiger partial charge is 3.00 e. The van der Waals surface area contributed by atoms with Crippen molar-refractivity contribution in [2.75, 3.05) is 0 Å². The predicted molar refractivity (Wildman–Crippen MR) is 24.7 cm³/mol. The van der Waals surface area contributed by atoms with Gasteiger partial charge in [0, 0.05) is 0 Å². The van der Waals surface area contributed by atoms with Gasteiger partial charge in [-0.2, -0.15) is 0 Å². The molecule has 1 radical (unpaired) electrons. The smallest absolute Gasteiger partial charge is 3.00 e. The molecule has 0 heterocycles. The molecule has 0 spiro atoms. The first kappa shape index (κ1) is 48.1. The van der Waals surface area contributed by atoms with Crippen molar-refractivity contribution in [1.29, 1.82) is 0 Å². The normalized spacial score (nSPS) is 0. The average Bonchev–Trinajstić information content (AvgIpc) is 0. The van der Waals surface area contributed by atoms with Crippen molar-refractivity contribution >= 4 is 0 Å². The first-order valence-electron chi connectivity index (χ1n) is 0. The second-order valence-electron chi connectivity index (χ2n) is 0. The van der Waals surface area contributed by atoms with Gasteiger partial charge >= 0.3 is 0 Å². The second kappa shape index (κ2) is 20.7. The molecule has 0 aliphatic rings. The molecule has 0 unspecified atom stereocenters. The molecule has 0 amide bonds. The Kier molecular flexibility index (Phi) is 166. The van der Waals surface area contributed by atoms with Crippen LogP contribution >= 0.6 is 0 Å². The van der Waals surface area contributed by atoms with E-state index in [9.17, 15) is 0 Å². The molecule has 0 fully saturated rings. The predicted octanol–water partition coefficient (Wildman–Crippen LogP) is 1.71. The first-order chi connectivity index (χ1) is 0. The molecule has 6 heavy (non-hydrogen) atoms. The van der Waals surface area contributed by atoms with Gasteiger partial charge in [-0.15, -0.1) is 0 Å². The number of hydrogen-bond acceptors (Lipinski definition) is 0. The summed E-state index contributed by atoms with van der Waals surface area (Å²) in [5.41, 5.74) is 0. The molecule has 0 aromatic carbocycles. The molecule has 0 saturated carbocycles. The van der Waals surface area contributed by atoms with Gasteiger partial charge in [-0.3, -0.25) is 0 Å². The Hall–Kier alpha value is -1.20. The van der Waals surface area contributed by atoms with E-state index in [1.807, 2.05) is 0 Å². The summed E-state index contributed by atoms with van der Waals surface area (Å²) in [7, 11) is 0. The minimum absolute atomic E-state index is 0. The molecule has 0 aliphatic heterocycles. The van der Waals surface area contributed by atoms with E-state index in [1.165, 1.54) is 0 Å². The van der Waals surface area contributed by atoms with Gasteiger partial charge < -0.3 is 30.8 Å². The zero-order valence-corrected chi connectivity index (χ0v) is 7.19. The zero-order valence-electron chi connectivity index (χ0n) is 4.25. The van der Waals surface area contributed by atoms with Gasteiger partial charge in [0.05, 0.1) is 0 Å². The standard InChI is InChI=1S/Cm.3H3N.2N/h;3*1H3;;/q+3;;;;2*-3/p+3. The third-order valence-corrected chi connectivity index (χ3v) is 0. The van der Waals surface area contributed by atoms with E-state index in [0.29, 0.717) is 0 Å². The van der Waals surface area contributed by atoms with Gasteiger partial charge in [-0.1, -0.05) is 0 Å². The quantitative estimate of drug-likeness (QED) is 0.588. The van der Waals surface area contributed by atoms with E-state index in [2.05, 4.69) is 0 Å². The SMILES string of the molecule is [Cm+3].[N-3].[N-3].[NH4+].[NH4+].[NH4+]. The van der Waals surface area contributed by atoms with Crippen LogP contribution in [0.1, 0.15) is 0 Å². The van der Waals surface area contributed by atoms with Crippen LogP contribution in [0.15, 0.2) is 0 Å². The fourth-order valence-corrected chi connectivity index (χ4v) is 0. The zero-order chi connectivity index (χ0) is 0. The fourth-order valence-electron chi connectivity index (χ4n) is 0. The Morgan fingerprint density at radius 1 is 0.500 bits per heavy atom. The minimum Gasteiger partial charge on any atom is -3.00 e. The summed E-state index contributed by atoms with van der Waals surface area (Å²) in [6.45, 7) is 0. The molecule has 0 atom stereocenters. The van der Waals surface area contributed by atoms with Gasteiger partial charge in [-0.05, 0) is 0 Å². The molecule has 6 heteroatoms. The minimum atomic E-state index is 0. The van der Waals surface area contributed by atoms with Gasteiger partial charge in [0.25, 0.3) is 0 Å². The van der Waals surface area contributed by atoms with Crippen LogP contribution in [0.3, 0.4) is 0 Å². The third-order valence-electron chi connectivity index (χ3n) is 0. The summed E-state index contributed by atoms with van der Waals surface area (Å²) in [6, 6.07) is 0. The summed E-state index contributed by atoms with van der Waals surface area (Å²) in [5.74, 6) is 0. The number of nitrogens with zero attached hydrogens (tertiary/aromatic N) is 2. The van der Waals surface area contributed by atoms with Crippen LogP contribution in [-0.4, -0.2) is 0 Å². The molecule has 5 nitrogen and oxygen atoms in total. The Morgan fingerprint density at radius 3 is 0.500 bits per heavy atom. The summed E-state index contributed by atoms with van der Waals surface area (Å²) < 4.78 is 0. The maximum Gasteiger partial charge on any atom is 3.00 e. The van der Waals surface area contributed by atoms with E-state index >= 15 is 0 Å². The number of hydrogen-bond donors (Lipinski definition) is 3. The molecular formula is H12CmN5. The molecule has 0 aromatic heterocycles. The summed E-state index contributed by atoms with van der Waals surface area (Å²) in [5, 5.41) is 0. The van der Waals surface area contributed by atoms with Crippen molar-refractivity contribution in [3.05, 3.63) is 12.3 Å². The van der Waals surface area contributed by atoms with E-state index in [4.69, 9.17) is 0 Å². The van der Waals surface area contributed by atoms with Crippen LogP contribution in [-0.2, 0) is 0 Å².